The van der Waals surface area contributed by atoms with E-state index >= 15 is 0 Å². The number of aromatic nitrogens is 1. The molecule has 0 aliphatic carbocycles. The molecule has 0 spiro atoms. The predicted molar refractivity (Wildman–Crippen MR) is 122 cm³/mol. The minimum Gasteiger partial charge on any atom is -0.497 e. The van der Waals surface area contributed by atoms with Crippen LogP contribution in [0.25, 0.3) is 22.0 Å². The van der Waals surface area contributed by atoms with Crippen molar-refractivity contribution in [3.8, 4) is 22.6 Å². The molecule has 0 amide bonds. The highest BCUT2D eigenvalue weighted by molar-refractivity contribution is 5.93. The molecule has 1 N–H and O–H groups in total. The quantitative estimate of drug-likeness (QED) is 0.534. The van der Waals surface area contributed by atoms with Crippen molar-refractivity contribution in [2.24, 2.45) is 0 Å². The van der Waals surface area contributed by atoms with Crippen molar-refractivity contribution in [3.05, 3.63) is 57.9 Å². The van der Waals surface area contributed by atoms with Gasteiger partial charge in [-0.15, -0.1) is 0 Å². The summed E-state index contributed by atoms with van der Waals surface area (Å²) in [4.78, 5) is 25.3. The zero-order valence-electron chi connectivity index (χ0n) is 18.5. The number of fused-ring (bicyclic) bond motifs is 1. The number of nitrogens with zero attached hydrogens (tertiary/aromatic N) is 1. The van der Waals surface area contributed by atoms with Crippen molar-refractivity contribution in [2.45, 2.75) is 46.6 Å². The van der Waals surface area contributed by atoms with Gasteiger partial charge in [0.05, 0.1) is 24.6 Å². The van der Waals surface area contributed by atoms with Crippen molar-refractivity contribution >= 4 is 16.9 Å². The third-order valence-corrected chi connectivity index (χ3v) is 5.36. The SMILES string of the molecule is CCCOc1cc(CCC)c(C)c2c(=O)c(-c3ccc(OC)cc3)cn(CC(=O)O)c12. The fourth-order valence-electron chi connectivity index (χ4n) is 3.87. The Morgan fingerprint density at radius 2 is 1.84 bits per heavy atom. The second-order valence-electron chi connectivity index (χ2n) is 7.60. The fraction of sp³-hybridized carbons (Fsp3) is 0.360. The predicted octanol–water partition coefficient (Wildman–Crippen LogP) is 4.81. The number of carbonyl (C=O) groups is 1. The summed E-state index contributed by atoms with van der Waals surface area (Å²) in [5, 5.41) is 10.1. The molecule has 1 aromatic heterocycles. The molecule has 0 fully saturated rings. The topological polar surface area (TPSA) is 77.8 Å². The molecule has 3 aromatic rings. The number of pyridine rings is 1. The number of carboxylic acids is 1. The zero-order chi connectivity index (χ0) is 22.5. The molecule has 0 aliphatic rings. The second kappa shape index (κ2) is 9.69. The van der Waals surface area contributed by atoms with Crippen LogP contribution in [-0.4, -0.2) is 29.4 Å². The van der Waals surface area contributed by atoms with Gasteiger partial charge < -0.3 is 19.1 Å². The summed E-state index contributed by atoms with van der Waals surface area (Å²) in [7, 11) is 1.58. The van der Waals surface area contributed by atoms with Gasteiger partial charge in [-0.3, -0.25) is 9.59 Å². The van der Waals surface area contributed by atoms with Crippen LogP contribution in [0.2, 0.25) is 0 Å². The summed E-state index contributed by atoms with van der Waals surface area (Å²) in [6, 6.07) is 9.16. The number of ether oxygens (including phenoxy) is 2. The lowest BCUT2D eigenvalue weighted by Crippen LogP contribution is -2.18. The van der Waals surface area contributed by atoms with Crippen LogP contribution in [0.5, 0.6) is 11.5 Å². The van der Waals surface area contributed by atoms with Crippen LogP contribution in [-0.2, 0) is 17.8 Å². The van der Waals surface area contributed by atoms with Crippen LogP contribution in [0, 0.1) is 6.92 Å². The first-order valence-electron chi connectivity index (χ1n) is 10.6. The first kappa shape index (κ1) is 22.4. The van der Waals surface area contributed by atoms with Crippen molar-refractivity contribution < 1.29 is 19.4 Å². The Labute approximate surface area is 182 Å². The van der Waals surface area contributed by atoms with E-state index in [9.17, 15) is 14.7 Å². The Kier molecular flexibility index (Phi) is 7.00. The lowest BCUT2D eigenvalue weighted by Gasteiger charge is -2.19. The molecule has 0 bridgehead atoms. The Balaban J connectivity index is 2.39. The van der Waals surface area contributed by atoms with Crippen LogP contribution >= 0.6 is 0 Å². The van der Waals surface area contributed by atoms with E-state index < -0.39 is 5.97 Å². The molecule has 0 aliphatic heterocycles. The highest BCUT2D eigenvalue weighted by atomic mass is 16.5. The Morgan fingerprint density at radius 3 is 2.42 bits per heavy atom. The summed E-state index contributed by atoms with van der Waals surface area (Å²) in [6.07, 6.45) is 4.18. The van der Waals surface area contributed by atoms with Gasteiger partial charge in [-0.25, -0.2) is 0 Å². The molecule has 6 nitrogen and oxygen atoms in total. The van der Waals surface area contributed by atoms with Crippen molar-refractivity contribution in [1.29, 1.82) is 0 Å². The van der Waals surface area contributed by atoms with Gasteiger partial charge in [0.25, 0.3) is 0 Å². The fourth-order valence-corrected chi connectivity index (χ4v) is 3.87. The zero-order valence-corrected chi connectivity index (χ0v) is 18.5. The van der Waals surface area contributed by atoms with E-state index in [0.717, 1.165) is 30.4 Å². The molecule has 0 unspecified atom stereocenters. The number of hydrogen-bond donors (Lipinski definition) is 1. The van der Waals surface area contributed by atoms with Crippen molar-refractivity contribution in [1.82, 2.24) is 4.57 Å². The summed E-state index contributed by atoms with van der Waals surface area (Å²) >= 11 is 0. The molecule has 0 atom stereocenters. The molecule has 6 heteroatoms. The van der Waals surface area contributed by atoms with E-state index in [4.69, 9.17) is 9.47 Å². The maximum Gasteiger partial charge on any atom is 0.323 e. The first-order chi connectivity index (χ1) is 14.9. The van der Waals surface area contributed by atoms with E-state index in [1.807, 2.05) is 32.0 Å². The standard InChI is InChI=1S/C25H29NO5/c1-5-7-18-13-21(31-12-6-2)24-23(16(18)3)25(29)20(14-26(24)15-22(27)28)17-8-10-19(30-4)11-9-17/h8-11,13-14H,5-7,12,15H2,1-4H3,(H,27,28). The molecule has 0 saturated heterocycles. The maximum absolute atomic E-state index is 13.7. The van der Waals surface area contributed by atoms with E-state index in [1.54, 1.807) is 30.0 Å². The lowest BCUT2D eigenvalue weighted by molar-refractivity contribution is -0.137. The largest absolute Gasteiger partial charge is 0.497 e. The molecule has 2 aromatic carbocycles. The minimum absolute atomic E-state index is 0.126. The summed E-state index contributed by atoms with van der Waals surface area (Å²) in [6.45, 7) is 6.25. The van der Waals surface area contributed by atoms with E-state index in [-0.39, 0.29) is 12.0 Å². The Bertz CT molecular complexity index is 1150. The molecule has 0 saturated carbocycles. The Hall–Kier alpha value is -3.28. The average Bonchev–Trinajstić information content (AvgIpc) is 2.76. The van der Waals surface area contributed by atoms with Crippen LogP contribution in [0.15, 0.2) is 41.3 Å². The van der Waals surface area contributed by atoms with Gasteiger partial charge in [0, 0.05) is 11.8 Å². The second-order valence-corrected chi connectivity index (χ2v) is 7.60. The first-order valence-corrected chi connectivity index (χ1v) is 10.6. The monoisotopic (exact) mass is 423 g/mol. The van der Waals surface area contributed by atoms with Crippen molar-refractivity contribution in [3.63, 3.8) is 0 Å². The average molecular weight is 424 g/mol. The Morgan fingerprint density at radius 1 is 1.13 bits per heavy atom. The molecular formula is C25H29NO5. The van der Waals surface area contributed by atoms with Gasteiger partial charge >= 0.3 is 5.97 Å². The number of rotatable bonds is 9. The minimum atomic E-state index is -0.984. The number of hydrogen-bond acceptors (Lipinski definition) is 4. The molecule has 3 rings (SSSR count). The lowest BCUT2D eigenvalue weighted by atomic mass is 9.95. The maximum atomic E-state index is 13.7. The molecule has 164 valence electrons. The number of aliphatic carboxylic acids is 1. The van der Waals surface area contributed by atoms with Gasteiger partial charge in [0.2, 0.25) is 0 Å². The normalized spacial score (nSPS) is 11.0. The van der Waals surface area contributed by atoms with Crippen molar-refractivity contribution in [2.75, 3.05) is 13.7 Å². The number of benzene rings is 2. The highest BCUT2D eigenvalue weighted by Crippen LogP contribution is 2.33. The molecule has 31 heavy (non-hydrogen) atoms. The van der Waals surface area contributed by atoms with Crippen LogP contribution < -0.4 is 14.9 Å². The highest BCUT2D eigenvalue weighted by Gasteiger charge is 2.20. The molecule has 0 radical (unpaired) electrons. The van der Waals surface area contributed by atoms with Gasteiger partial charge in [0.15, 0.2) is 5.43 Å². The third kappa shape index (κ3) is 4.58. The summed E-state index contributed by atoms with van der Waals surface area (Å²) in [5.74, 6) is 0.264. The van der Waals surface area contributed by atoms with E-state index in [1.165, 1.54) is 0 Å². The van der Waals surface area contributed by atoms with Gasteiger partial charge in [0.1, 0.15) is 18.0 Å². The number of aryl methyl sites for hydroxylation is 2. The summed E-state index contributed by atoms with van der Waals surface area (Å²) in [5.41, 5.74) is 3.50. The molecular weight excluding hydrogens is 394 g/mol. The van der Waals surface area contributed by atoms with Crippen LogP contribution in [0.1, 0.15) is 37.8 Å². The van der Waals surface area contributed by atoms with Gasteiger partial charge in [-0.05, 0) is 54.7 Å². The van der Waals surface area contributed by atoms with E-state index in [2.05, 4.69) is 6.92 Å². The number of carboxylic acid groups (broad SMARTS) is 1. The van der Waals surface area contributed by atoms with Crippen LogP contribution in [0.3, 0.4) is 0 Å². The van der Waals surface area contributed by atoms with E-state index in [0.29, 0.717) is 40.1 Å². The smallest absolute Gasteiger partial charge is 0.323 e. The van der Waals surface area contributed by atoms with Crippen LogP contribution in [0.4, 0.5) is 0 Å². The number of methoxy groups -OCH3 is 1. The van der Waals surface area contributed by atoms with Gasteiger partial charge in [-0.1, -0.05) is 32.4 Å². The third-order valence-electron chi connectivity index (χ3n) is 5.36. The van der Waals surface area contributed by atoms with Gasteiger partial charge in [-0.2, -0.15) is 0 Å². The molecule has 1 heterocycles. The summed E-state index contributed by atoms with van der Waals surface area (Å²) < 4.78 is 12.8.